The van der Waals surface area contributed by atoms with Crippen molar-refractivity contribution in [2.45, 2.75) is 19.9 Å². The fraction of sp³-hybridized carbons (Fsp3) is 0.190. The van der Waals surface area contributed by atoms with Crippen molar-refractivity contribution in [3.63, 3.8) is 0 Å². The molecule has 0 aliphatic carbocycles. The Balaban J connectivity index is 2.05. The van der Waals surface area contributed by atoms with Crippen molar-refractivity contribution in [2.24, 2.45) is 0 Å². The molecule has 0 saturated heterocycles. The summed E-state index contributed by atoms with van der Waals surface area (Å²) in [5, 5.41) is 0.487. The summed E-state index contributed by atoms with van der Waals surface area (Å²) < 4.78 is 5.91. The fourth-order valence-corrected chi connectivity index (χ4v) is 3.45. The summed E-state index contributed by atoms with van der Waals surface area (Å²) in [6.07, 6.45) is 3.29. The summed E-state index contributed by atoms with van der Waals surface area (Å²) in [4.78, 5) is 32.1. The van der Waals surface area contributed by atoms with E-state index < -0.39 is 6.04 Å². The van der Waals surface area contributed by atoms with Crippen LogP contribution in [0.15, 0.2) is 58.4 Å². The van der Waals surface area contributed by atoms with Gasteiger partial charge in [-0.3, -0.25) is 14.6 Å². The normalized spacial score (nSPS) is 16.2. The van der Waals surface area contributed by atoms with E-state index in [-0.39, 0.29) is 17.1 Å². The van der Waals surface area contributed by atoms with Gasteiger partial charge in [-0.1, -0.05) is 12.1 Å². The monoisotopic (exact) mass is 346 g/mol. The third kappa shape index (κ3) is 2.28. The van der Waals surface area contributed by atoms with Gasteiger partial charge in [0, 0.05) is 12.7 Å². The van der Waals surface area contributed by atoms with E-state index in [0.29, 0.717) is 28.8 Å². The third-order valence-electron chi connectivity index (χ3n) is 4.88. The standard InChI is InChI=1S/C21H18N2O3/c1-4-9-23-18(15-7-5-6-8-22-15)17-19(24)14-10-12(2)13(3)11-16(14)26-20(17)21(23)25/h4-8,10-11,18H,1,9H2,2-3H3. The summed E-state index contributed by atoms with van der Waals surface area (Å²) in [7, 11) is 0. The quantitative estimate of drug-likeness (QED) is 0.681. The molecule has 1 atom stereocenters. The van der Waals surface area contributed by atoms with Crippen LogP contribution < -0.4 is 5.43 Å². The van der Waals surface area contributed by atoms with E-state index in [1.54, 1.807) is 23.2 Å². The maximum absolute atomic E-state index is 13.3. The Morgan fingerprint density at radius 1 is 1.23 bits per heavy atom. The molecule has 5 nitrogen and oxygen atoms in total. The number of aryl methyl sites for hydroxylation is 2. The van der Waals surface area contributed by atoms with Crippen molar-refractivity contribution in [3.8, 4) is 0 Å². The summed E-state index contributed by atoms with van der Waals surface area (Å²) >= 11 is 0. The van der Waals surface area contributed by atoms with Crippen LogP contribution in [-0.2, 0) is 0 Å². The summed E-state index contributed by atoms with van der Waals surface area (Å²) in [6.45, 7) is 7.93. The van der Waals surface area contributed by atoms with Gasteiger partial charge in [-0.25, -0.2) is 0 Å². The molecular formula is C21H18N2O3. The highest BCUT2D eigenvalue weighted by atomic mass is 16.3. The first kappa shape index (κ1) is 16.3. The zero-order valence-electron chi connectivity index (χ0n) is 14.7. The average Bonchev–Trinajstić information content (AvgIpc) is 2.91. The first-order valence-electron chi connectivity index (χ1n) is 8.43. The number of amides is 1. The van der Waals surface area contributed by atoms with Crippen molar-refractivity contribution in [3.05, 3.63) is 87.6 Å². The van der Waals surface area contributed by atoms with Crippen molar-refractivity contribution < 1.29 is 9.21 Å². The molecular weight excluding hydrogens is 328 g/mol. The Morgan fingerprint density at radius 2 is 2.00 bits per heavy atom. The number of hydrogen-bond donors (Lipinski definition) is 0. The van der Waals surface area contributed by atoms with Crippen LogP contribution in [0, 0.1) is 13.8 Å². The largest absolute Gasteiger partial charge is 0.450 e. The first-order valence-corrected chi connectivity index (χ1v) is 8.43. The Bertz CT molecular complexity index is 1100. The highest BCUT2D eigenvalue weighted by Gasteiger charge is 2.42. The molecule has 5 heteroatoms. The smallest absolute Gasteiger partial charge is 0.291 e. The fourth-order valence-electron chi connectivity index (χ4n) is 3.45. The first-order chi connectivity index (χ1) is 12.5. The van der Waals surface area contributed by atoms with Gasteiger partial charge in [-0.2, -0.15) is 0 Å². The molecule has 1 amide bonds. The van der Waals surface area contributed by atoms with E-state index in [0.717, 1.165) is 11.1 Å². The molecule has 0 spiro atoms. The molecule has 130 valence electrons. The van der Waals surface area contributed by atoms with Crippen LogP contribution in [0.1, 0.15) is 39.0 Å². The van der Waals surface area contributed by atoms with E-state index in [4.69, 9.17) is 4.42 Å². The number of rotatable bonds is 3. The number of pyridine rings is 1. The van der Waals surface area contributed by atoms with Gasteiger partial charge in [-0.15, -0.1) is 6.58 Å². The van der Waals surface area contributed by atoms with E-state index in [1.807, 2.05) is 38.1 Å². The number of carbonyl (C=O) groups excluding carboxylic acids is 1. The molecule has 0 N–H and O–H groups in total. The number of aromatic nitrogens is 1. The van der Waals surface area contributed by atoms with Gasteiger partial charge in [0.15, 0.2) is 5.43 Å². The van der Waals surface area contributed by atoms with Gasteiger partial charge in [0.2, 0.25) is 5.76 Å². The Hall–Kier alpha value is -3.21. The zero-order chi connectivity index (χ0) is 18.4. The predicted molar refractivity (Wildman–Crippen MR) is 99.3 cm³/mol. The topological polar surface area (TPSA) is 63.4 Å². The Kier molecular flexibility index (Phi) is 3.72. The lowest BCUT2D eigenvalue weighted by Gasteiger charge is -2.22. The number of benzene rings is 1. The van der Waals surface area contributed by atoms with Gasteiger partial charge in [0.05, 0.1) is 16.6 Å². The van der Waals surface area contributed by atoms with Crippen LogP contribution in [0.2, 0.25) is 0 Å². The molecule has 0 radical (unpaired) electrons. The second-order valence-electron chi connectivity index (χ2n) is 6.51. The van der Waals surface area contributed by atoms with Gasteiger partial charge < -0.3 is 9.32 Å². The molecule has 2 aromatic heterocycles. The van der Waals surface area contributed by atoms with Crippen LogP contribution >= 0.6 is 0 Å². The molecule has 26 heavy (non-hydrogen) atoms. The SMILES string of the molecule is C=CCN1C(=O)c2oc3cc(C)c(C)cc3c(=O)c2C1c1ccccn1. The zero-order valence-corrected chi connectivity index (χ0v) is 14.7. The minimum absolute atomic E-state index is 0.100. The number of fused-ring (bicyclic) bond motifs is 2. The van der Waals surface area contributed by atoms with E-state index in [1.165, 1.54) is 0 Å². The van der Waals surface area contributed by atoms with E-state index in [9.17, 15) is 9.59 Å². The second kappa shape index (κ2) is 5.95. The van der Waals surface area contributed by atoms with Crippen molar-refractivity contribution >= 4 is 16.9 Å². The van der Waals surface area contributed by atoms with Crippen molar-refractivity contribution in [1.82, 2.24) is 9.88 Å². The lowest BCUT2D eigenvalue weighted by atomic mass is 10.0. The number of nitrogens with zero attached hydrogens (tertiary/aromatic N) is 2. The molecule has 3 aromatic rings. The molecule has 0 fully saturated rings. The highest BCUT2D eigenvalue weighted by Crippen LogP contribution is 2.37. The van der Waals surface area contributed by atoms with Crippen molar-refractivity contribution in [1.29, 1.82) is 0 Å². The minimum atomic E-state index is -0.570. The average molecular weight is 346 g/mol. The molecule has 1 aliphatic rings. The van der Waals surface area contributed by atoms with Crippen LogP contribution in [0.4, 0.5) is 0 Å². The lowest BCUT2D eigenvalue weighted by Crippen LogP contribution is -2.30. The summed E-state index contributed by atoms with van der Waals surface area (Å²) in [5.41, 5.74) is 3.26. The molecule has 1 aromatic carbocycles. The number of hydrogen-bond acceptors (Lipinski definition) is 4. The van der Waals surface area contributed by atoms with Crippen LogP contribution in [0.5, 0.6) is 0 Å². The second-order valence-corrected chi connectivity index (χ2v) is 6.51. The van der Waals surface area contributed by atoms with E-state index >= 15 is 0 Å². The van der Waals surface area contributed by atoms with Gasteiger partial charge in [-0.05, 0) is 49.2 Å². The number of carbonyl (C=O) groups is 1. The minimum Gasteiger partial charge on any atom is -0.450 e. The van der Waals surface area contributed by atoms with Crippen LogP contribution in [-0.4, -0.2) is 22.3 Å². The van der Waals surface area contributed by atoms with Crippen LogP contribution in [0.25, 0.3) is 11.0 Å². The van der Waals surface area contributed by atoms with Crippen LogP contribution in [0.3, 0.4) is 0 Å². The highest BCUT2D eigenvalue weighted by molar-refractivity contribution is 5.99. The van der Waals surface area contributed by atoms with Gasteiger partial charge in [0.25, 0.3) is 5.91 Å². The maximum Gasteiger partial charge on any atom is 0.291 e. The summed E-state index contributed by atoms with van der Waals surface area (Å²) in [6, 6.07) is 8.52. The third-order valence-corrected chi connectivity index (χ3v) is 4.88. The van der Waals surface area contributed by atoms with E-state index in [2.05, 4.69) is 11.6 Å². The maximum atomic E-state index is 13.3. The molecule has 1 aliphatic heterocycles. The molecule has 0 saturated carbocycles. The Morgan fingerprint density at radius 3 is 2.69 bits per heavy atom. The molecule has 4 rings (SSSR count). The van der Waals surface area contributed by atoms with Crippen molar-refractivity contribution in [2.75, 3.05) is 6.54 Å². The molecule has 0 bridgehead atoms. The molecule has 3 heterocycles. The molecule has 1 unspecified atom stereocenters. The summed E-state index contributed by atoms with van der Waals surface area (Å²) in [5.74, 6) is -0.212. The Labute approximate surface area is 150 Å². The predicted octanol–water partition coefficient (Wildman–Crippen LogP) is 3.54. The lowest BCUT2D eigenvalue weighted by molar-refractivity contribution is 0.0746. The van der Waals surface area contributed by atoms with Gasteiger partial charge in [0.1, 0.15) is 11.6 Å². The van der Waals surface area contributed by atoms with Gasteiger partial charge >= 0.3 is 0 Å².